The third-order valence-corrected chi connectivity index (χ3v) is 2.73. The molecule has 0 fully saturated rings. The molecule has 0 spiro atoms. The number of hydrogen-bond donors (Lipinski definition) is 1. The predicted molar refractivity (Wildman–Crippen MR) is 69.4 cm³/mol. The van der Waals surface area contributed by atoms with Crippen LogP contribution < -0.4 is 15.2 Å². The number of nitrogens with zero attached hydrogens (tertiary/aromatic N) is 2. The van der Waals surface area contributed by atoms with Gasteiger partial charge in [0.05, 0.1) is 19.9 Å². The summed E-state index contributed by atoms with van der Waals surface area (Å²) in [6, 6.07) is 5.75. The van der Waals surface area contributed by atoms with E-state index in [0.29, 0.717) is 18.0 Å². The van der Waals surface area contributed by atoms with Crippen LogP contribution in [-0.2, 0) is 6.42 Å². The van der Waals surface area contributed by atoms with Crippen molar-refractivity contribution in [3.8, 4) is 17.2 Å². The number of hydrogen-bond acceptors (Lipinski definition) is 4. The van der Waals surface area contributed by atoms with Crippen molar-refractivity contribution in [3.63, 3.8) is 0 Å². The van der Waals surface area contributed by atoms with Crippen LogP contribution in [0.1, 0.15) is 5.82 Å². The van der Waals surface area contributed by atoms with Gasteiger partial charge in [0, 0.05) is 24.9 Å². The molecule has 18 heavy (non-hydrogen) atoms. The number of methoxy groups -OCH3 is 2. The minimum Gasteiger partial charge on any atom is -0.493 e. The molecule has 2 aromatic rings. The Morgan fingerprint density at radius 2 is 2.00 bits per heavy atom. The SMILES string of the molecule is COc1ccc(-n2ccnc2CCN)cc1OC. The lowest BCUT2D eigenvalue weighted by atomic mass is 10.2. The molecule has 1 aromatic heterocycles. The van der Waals surface area contributed by atoms with E-state index in [2.05, 4.69) is 4.98 Å². The molecule has 2 N–H and O–H groups in total. The third kappa shape index (κ3) is 2.31. The van der Waals surface area contributed by atoms with Crippen molar-refractivity contribution >= 4 is 0 Å². The normalized spacial score (nSPS) is 10.4. The second kappa shape index (κ2) is 5.55. The maximum absolute atomic E-state index is 5.57. The van der Waals surface area contributed by atoms with Gasteiger partial charge in [-0.05, 0) is 18.7 Å². The molecule has 1 aromatic carbocycles. The Labute approximate surface area is 106 Å². The van der Waals surface area contributed by atoms with E-state index >= 15 is 0 Å². The second-order valence-electron chi connectivity index (χ2n) is 3.79. The molecule has 5 heteroatoms. The summed E-state index contributed by atoms with van der Waals surface area (Å²) in [6.45, 7) is 0.574. The summed E-state index contributed by atoms with van der Waals surface area (Å²) in [7, 11) is 3.24. The van der Waals surface area contributed by atoms with Gasteiger partial charge in [0.2, 0.25) is 0 Å². The van der Waals surface area contributed by atoms with Crippen molar-refractivity contribution in [1.82, 2.24) is 9.55 Å². The first kappa shape index (κ1) is 12.4. The number of nitrogens with two attached hydrogens (primary N) is 1. The summed E-state index contributed by atoms with van der Waals surface area (Å²) in [5.74, 6) is 2.34. The standard InChI is InChI=1S/C13H17N3O2/c1-17-11-4-3-10(9-12(11)18-2)16-8-7-15-13(16)5-6-14/h3-4,7-9H,5-6,14H2,1-2H3. The largest absolute Gasteiger partial charge is 0.493 e. The number of imidazole rings is 1. The zero-order valence-corrected chi connectivity index (χ0v) is 10.6. The highest BCUT2D eigenvalue weighted by Gasteiger charge is 2.08. The maximum atomic E-state index is 5.57. The molecule has 2 rings (SSSR count). The van der Waals surface area contributed by atoms with Crippen LogP contribution in [0.25, 0.3) is 5.69 Å². The van der Waals surface area contributed by atoms with E-state index in [0.717, 1.165) is 17.9 Å². The molecule has 0 saturated carbocycles. The predicted octanol–water partition coefficient (Wildman–Crippen LogP) is 1.39. The fourth-order valence-electron chi connectivity index (χ4n) is 1.86. The van der Waals surface area contributed by atoms with Gasteiger partial charge in [-0.2, -0.15) is 0 Å². The Morgan fingerprint density at radius 3 is 2.67 bits per heavy atom. The summed E-state index contributed by atoms with van der Waals surface area (Å²) in [6.07, 6.45) is 4.41. The van der Waals surface area contributed by atoms with Crippen LogP contribution in [0.3, 0.4) is 0 Å². The molecule has 0 radical (unpaired) electrons. The van der Waals surface area contributed by atoms with Gasteiger partial charge in [0.15, 0.2) is 11.5 Å². The second-order valence-corrected chi connectivity index (χ2v) is 3.79. The van der Waals surface area contributed by atoms with Gasteiger partial charge in [-0.15, -0.1) is 0 Å². The molecule has 0 atom stereocenters. The van der Waals surface area contributed by atoms with Gasteiger partial charge in [0.25, 0.3) is 0 Å². The average molecular weight is 247 g/mol. The lowest BCUT2D eigenvalue weighted by Gasteiger charge is -2.11. The minimum atomic E-state index is 0.574. The average Bonchev–Trinajstić information content (AvgIpc) is 2.86. The van der Waals surface area contributed by atoms with Crippen LogP contribution >= 0.6 is 0 Å². The number of benzene rings is 1. The van der Waals surface area contributed by atoms with Gasteiger partial charge in [-0.1, -0.05) is 0 Å². The summed E-state index contributed by atoms with van der Waals surface area (Å²) >= 11 is 0. The van der Waals surface area contributed by atoms with E-state index in [9.17, 15) is 0 Å². The van der Waals surface area contributed by atoms with Crippen LogP contribution in [0.4, 0.5) is 0 Å². The van der Waals surface area contributed by atoms with E-state index < -0.39 is 0 Å². The first-order valence-electron chi connectivity index (χ1n) is 5.75. The van der Waals surface area contributed by atoms with Gasteiger partial charge >= 0.3 is 0 Å². The molecule has 0 saturated heterocycles. The van der Waals surface area contributed by atoms with Gasteiger partial charge in [-0.3, -0.25) is 0 Å². The highest BCUT2D eigenvalue weighted by molar-refractivity contribution is 5.49. The molecule has 0 unspecified atom stereocenters. The topological polar surface area (TPSA) is 62.3 Å². The van der Waals surface area contributed by atoms with Crippen molar-refractivity contribution in [3.05, 3.63) is 36.4 Å². The highest BCUT2D eigenvalue weighted by Crippen LogP contribution is 2.29. The summed E-state index contributed by atoms with van der Waals surface area (Å²) in [4.78, 5) is 4.29. The zero-order chi connectivity index (χ0) is 13.0. The lowest BCUT2D eigenvalue weighted by molar-refractivity contribution is 0.355. The van der Waals surface area contributed by atoms with Crippen molar-refractivity contribution in [2.24, 2.45) is 5.73 Å². The molecule has 0 aliphatic carbocycles. The highest BCUT2D eigenvalue weighted by atomic mass is 16.5. The molecule has 0 bridgehead atoms. The van der Waals surface area contributed by atoms with Gasteiger partial charge in [0.1, 0.15) is 5.82 Å². The van der Waals surface area contributed by atoms with Crippen molar-refractivity contribution in [2.45, 2.75) is 6.42 Å². The number of rotatable bonds is 5. The lowest BCUT2D eigenvalue weighted by Crippen LogP contribution is -2.08. The number of aromatic nitrogens is 2. The van der Waals surface area contributed by atoms with E-state index in [1.54, 1.807) is 20.4 Å². The summed E-state index contributed by atoms with van der Waals surface area (Å²) in [5, 5.41) is 0. The molecular formula is C13H17N3O2. The molecule has 1 heterocycles. The maximum Gasteiger partial charge on any atom is 0.162 e. The molecule has 0 amide bonds. The van der Waals surface area contributed by atoms with Crippen LogP contribution in [0.5, 0.6) is 11.5 Å². The van der Waals surface area contributed by atoms with E-state index in [4.69, 9.17) is 15.2 Å². The molecular weight excluding hydrogens is 230 g/mol. The van der Waals surface area contributed by atoms with Crippen LogP contribution in [0.2, 0.25) is 0 Å². The molecule has 0 aliphatic heterocycles. The monoisotopic (exact) mass is 247 g/mol. The van der Waals surface area contributed by atoms with Crippen molar-refractivity contribution in [1.29, 1.82) is 0 Å². The third-order valence-electron chi connectivity index (χ3n) is 2.73. The fourth-order valence-corrected chi connectivity index (χ4v) is 1.86. The fraction of sp³-hybridized carbons (Fsp3) is 0.308. The van der Waals surface area contributed by atoms with E-state index in [-0.39, 0.29) is 0 Å². The molecule has 96 valence electrons. The van der Waals surface area contributed by atoms with Gasteiger partial charge in [-0.25, -0.2) is 4.98 Å². The quantitative estimate of drug-likeness (QED) is 0.867. The minimum absolute atomic E-state index is 0.574. The Bertz CT molecular complexity index is 523. The van der Waals surface area contributed by atoms with Crippen LogP contribution in [0, 0.1) is 0 Å². The first-order valence-corrected chi connectivity index (χ1v) is 5.75. The first-order chi connectivity index (χ1) is 8.80. The zero-order valence-electron chi connectivity index (χ0n) is 10.6. The Hall–Kier alpha value is -2.01. The van der Waals surface area contributed by atoms with E-state index in [1.165, 1.54) is 0 Å². The van der Waals surface area contributed by atoms with Gasteiger partial charge < -0.3 is 19.8 Å². The Kier molecular flexibility index (Phi) is 3.84. The van der Waals surface area contributed by atoms with Crippen molar-refractivity contribution in [2.75, 3.05) is 20.8 Å². The smallest absolute Gasteiger partial charge is 0.162 e. The molecule has 5 nitrogen and oxygen atoms in total. The molecule has 0 aliphatic rings. The van der Waals surface area contributed by atoms with Crippen LogP contribution in [0.15, 0.2) is 30.6 Å². The Morgan fingerprint density at radius 1 is 1.22 bits per heavy atom. The van der Waals surface area contributed by atoms with Crippen LogP contribution in [-0.4, -0.2) is 30.3 Å². The summed E-state index contributed by atoms with van der Waals surface area (Å²) < 4.78 is 12.5. The summed E-state index contributed by atoms with van der Waals surface area (Å²) in [5.41, 5.74) is 6.55. The number of ether oxygens (including phenoxy) is 2. The van der Waals surface area contributed by atoms with Crippen molar-refractivity contribution < 1.29 is 9.47 Å². The Balaban J connectivity index is 2.41. The van der Waals surface area contributed by atoms with E-state index in [1.807, 2.05) is 29.0 Å².